The Bertz CT molecular complexity index is 7760. The van der Waals surface area contributed by atoms with Gasteiger partial charge >= 0.3 is 0 Å². The normalized spacial score (nSPS) is 16.2. The zero-order valence-electron chi connectivity index (χ0n) is 78.9. The van der Waals surface area contributed by atoms with Crippen LogP contribution in [0.3, 0.4) is 0 Å². The second kappa shape index (κ2) is 40.7. The van der Waals surface area contributed by atoms with Gasteiger partial charge in [-0.1, -0.05) is 6.07 Å². The van der Waals surface area contributed by atoms with E-state index in [1.807, 2.05) is 173 Å². The van der Waals surface area contributed by atoms with Crippen molar-refractivity contribution < 1.29 is 27.7 Å². The van der Waals surface area contributed by atoms with E-state index in [1.54, 1.807) is 62.4 Å². The summed E-state index contributed by atoms with van der Waals surface area (Å²) >= 11 is 0. The fraction of sp³-hybridized carbons (Fsp3) is 0.301. The number of benzene rings is 4. The number of pyridine rings is 6. The van der Waals surface area contributed by atoms with Crippen molar-refractivity contribution in [3.63, 3.8) is 0 Å². The van der Waals surface area contributed by atoms with Crippen molar-refractivity contribution in [1.82, 2.24) is 92.7 Å². The maximum Gasteiger partial charge on any atom is 0.258 e. The Morgan fingerprint density at radius 1 is 0.333 bits per heavy atom. The molecule has 13 aromatic heterocycles. The van der Waals surface area contributed by atoms with Crippen molar-refractivity contribution in [2.75, 3.05) is 164 Å². The van der Waals surface area contributed by atoms with Crippen LogP contribution in [0.1, 0.15) is 37.6 Å². The first-order chi connectivity index (χ1) is 66.8. The largest absolute Gasteiger partial charge is 0.497 e. The molecule has 5 fully saturated rings. The summed E-state index contributed by atoms with van der Waals surface area (Å²) < 4.78 is 60.2. The van der Waals surface area contributed by atoms with Crippen LogP contribution in [0.25, 0.3) is 101 Å². The topological polar surface area (TPSA) is 320 Å². The van der Waals surface area contributed by atoms with E-state index in [4.69, 9.17) is 33.9 Å². The number of anilines is 5. The van der Waals surface area contributed by atoms with Crippen LogP contribution in [0.5, 0.6) is 23.0 Å². The molecule has 0 bridgehead atoms. The SMILES string of the molecule is COc1cc(F)cc(-c2cc(=O)n3cc(N4CCNCC4)ccc3n2)c1.COc1cc(F)cc(-c2cc(=O)n3cc(N4CCN[C@@H](C)C4)ccc3n2)c1.COc1ccc(-c2cc(=O)n3cc(N4CCN[C@@H](C)C4)cc(C)c3n2)cc1OC.C[C@H]1CN(c2ccc3nc(-c4ccc5nn(C)cc5c4)cc(=O)n3c2)CCN1.Cc1cn2cc(-c3cc(=O)n4cc(N5CCNCC5)ccc4n3)cc(C)c2n1. The van der Waals surface area contributed by atoms with Gasteiger partial charge in [0.05, 0.1) is 96.6 Å². The molecule has 5 aliphatic rings. The third-order valence-electron chi connectivity index (χ3n) is 25.2. The molecular formula is C103H110F2N24O9. The van der Waals surface area contributed by atoms with Crippen LogP contribution in [0, 0.1) is 32.4 Å². The number of hydrogen-bond acceptors (Lipinski definition) is 26. The second-order valence-electron chi connectivity index (χ2n) is 35.2. The standard InChI is InChI=1S/C22H26N4O3.2C21H22N6O.C20H21FN4O2.C19H19FN4O2/c1-14-9-17(25-8-7-23-15(2)12-25)13-26-21(27)11-18(24-22(14)26)16-5-6-19(28-3)20(10-16)29-4;1-14-11-26(8-7-22-14)17-4-6-20-23-19(10-21(28)27(20)13-17)15-3-5-18-16(9-15)12-25(2)24-18;1-14-9-16(12-26-11-15(2)23-21(14)26)18-10-20(28)27-13-17(3-4-19(27)24-18)25-7-5-22-6-8-25;1-13-11-24(6-5-22-13)16-3-4-19-23-18(10-20(26)25(19)12-16)14-7-15(21)9-17(8-14)27-2;1-26-16-9-13(8-14(20)10-16)17-11-19(25)24-12-15(2-3-18(24)22-17)23-6-4-21-5-7-23/h5-6,9-11,13,15,23H,7-8,12H2,1-4H3;3-6,9-10,12-14,22H,7-8,11H2,1-2H3;3-4,9-13,22H,5-8H2,1-2H3;3-4,7-10,12-13,22H,5-6,11H2,1-2H3;2-3,8-12,21H,4-7H2,1H3/t15-;14-;;13-;/m00.0./s1. The minimum atomic E-state index is -0.436. The summed E-state index contributed by atoms with van der Waals surface area (Å²) in [5.74, 6) is 1.14. The van der Waals surface area contributed by atoms with Crippen molar-refractivity contribution in [2.45, 2.75) is 59.7 Å². The first-order valence-corrected chi connectivity index (χ1v) is 46.2. The maximum absolute atomic E-state index is 13.8. The Morgan fingerprint density at radius 3 is 1.17 bits per heavy atom. The zero-order chi connectivity index (χ0) is 96.1. The fourth-order valence-electron chi connectivity index (χ4n) is 18.2. The molecule has 3 atom stereocenters. The van der Waals surface area contributed by atoms with Gasteiger partial charge in [-0.05, 0) is 168 Å². The van der Waals surface area contributed by atoms with Crippen LogP contribution in [0.2, 0.25) is 0 Å². The number of hydrogen-bond donors (Lipinski definition) is 5. The van der Waals surface area contributed by atoms with Crippen molar-refractivity contribution in [3.8, 4) is 79.3 Å². The smallest absolute Gasteiger partial charge is 0.258 e. The fourth-order valence-corrected chi connectivity index (χ4v) is 18.2. The summed E-state index contributed by atoms with van der Waals surface area (Å²) in [6.45, 7) is 28.2. The number of imidazole rings is 1. The molecule has 17 aromatic rings. The lowest BCUT2D eigenvalue weighted by Crippen LogP contribution is -2.49. The molecular weight excluding hydrogens is 1760 g/mol. The van der Waals surface area contributed by atoms with Crippen LogP contribution in [0.4, 0.5) is 37.2 Å². The highest BCUT2D eigenvalue weighted by atomic mass is 19.1. The molecule has 0 spiro atoms. The first kappa shape index (κ1) is 93.1. The van der Waals surface area contributed by atoms with Gasteiger partial charge in [-0.25, -0.2) is 38.7 Å². The molecule has 0 radical (unpaired) electrons. The molecule has 33 nitrogen and oxygen atoms in total. The number of aromatic nitrogens is 14. The molecule has 18 heterocycles. The molecule has 710 valence electrons. The predicted octanol–water partition coefficient (Wildman–Crippen LogP) is 10.8. The van der Waals surface area contributed by atoms with Crippen LogP contribution < -0.4 is 97.8 Å². The highest BCUT2D eigenvalue weighted by Crippen LogP contribution is 2.35. The Labute approximate surface area is 793 Å². The van der Waals surface area contributed by atoms with E-state index in [2.05, 4.69) is 98.0 Å². The van der Waals surface area contributed by atoms with Crippen LogP contribution in [-0.4, -0.2) is 224 Å². The molecule has 138 heavy (non-hydrogen) atoms. The summed E-state index contributed by atoms with van der Waals surface area (Å²) in [5.41, 5.74) is 18.8. The summed E-state index contributed by atoms with van der Waals surface area (Å²) in [6.07, 6.45) is 15.3. The zero-order valence-corrected chi connectivity index (χ0v) is 78.9. The lowest BCUT2D eigenvalue weighted by molar-refractivity contribution is 0.355. The van der Waals surface area contributed by atoms with Crippen molar-refractivity contribution in [3.05, 3.63) is 294 Å². The van der Waals surface area contributed by atoms with E-state index in [9.17, 15) is 32.8 Å². The van der Waals surface area contributed by atoms with E-state index >= 15 is 0 Å². The van der Waals surface area contributed by atoms with Crippen molar-refractivity contribution in [1.29, 1.82) is 0 Å². The van der Waals surface area contributed by atoms with Crippen LogP contribution >= 0.6 is 0 Å². The van der Waals surface area contributed by atoms with E-state index in [0.29, 0.717) is 109 Å². The summed E-state index contributed by atoms with van der Waals surface area (Å²) in [6, 6.07) is 48.6. The van der Waals surface area contributed by atoms with Crippen LogP contribution in [0.15, 0.2) is 237 Å². The average molecular weight is 1870 g/mol. The number of rotatable bonds is 14. The molecule has 0 saturated carbocycles. The Morgan fingerprint density at radius 2 is 0.725 bits per heavy atom. The summed E-state index contributed by atoms with van der Waals surface area (Å²) in [4.78, 5) is 103. The Balaban J connectivity index is 0.000000115. The van der Waals surface area contributed by atoms with Gasteiger partial charge in [0, 0.05) is 262 Å². The molecule has 4 aromatic carbocycles. The molecule has 5 aliphatic heterocycles. The van der Waals surface area contributed by atoms with Gasteiger partial charge in [0.2, 0.25) is 0 Å². The van der Waals surface area contributed by atoms with Gasteiger partial charge in [0.1, 0.15) is 57.0 Å². The van der Waals surface area contributed by atoms with E-state index < -0.39 is 11.6 Å². The Hall–Kier alpha value is -15.3. The van der Waals surface area contributed by atoms with Crippen molar-refractivity contribution in [2.24, 2.45) is 7.05 Å². The number of nitrogens with zero attached hydrogens (tertiary/aromatic N) is 19. The lowest BCUT2D eigenvalue weighted by Gasteiger charge is -2.33. The number of nitrogens with one attached hydrogen (secondary N) is 5. The molecule has 22 rings (SSSR count). The van der Waals surface area contributed by atoms with Gasteiger partial charge < -0.3 is 74.4 Å². The number of fused-ring (bicyclic) bond motifs is 7. The Kier molecular flexibility index (Phi) is 27.5. The van der Waals surface area contributed by atoms with Gasteiger partial charge in [-0.2, -0.15) is 5.10 Å². The number of piperazine rings is 5. The number of halogens is 2. The third kappa shape index (κ3) is 20.7. The minimum Gasteiger partial charge on any atom is -0.497 e. The highest BCUT2D eigenvalue weighted by Gasteiger charge is 2.25. The number of ether oxygens (including phenoxy) is 4. The monoisotopic (exact) mass is 1860 g/mol. The number of methoxy groups -OCH3 is 4. The van der Waals surface area contributed by atoms with Crippen LogP contribution in [-0.2, 0) is 7.05 Å². The molecule has 5 N–H and O–H groups in total. The van der Waals surface area contributed by atoms with Gasteiger partial charge in [0.25, 0.3) is 27.8 Å². The third-order valence-corrected chi connectivity index (χ3v) is 25.2. The predicted molar refractivity (Wildman–Crippen MR) is 537 cm³/mol. The first-order valence-electron chi connectivity index (χ1n) is 46.2. The maximum atomic E-state index is 13.8. The molecule has 0 amide bonds. The number of aryl methyl sites for hydroxylation is 4. The lowest BCUT2D eigenvalue weighted by atomic mass is 10.1. The summed E-state index contributed by atoms with van der Waals surface area (Å²) in [5, 5.41) is 22.4. The molecule has 0 aliphatic carbocycles. The van der Waals surface area contributed by atoms with E-state index in [-0.39, 0.29) is 27.8 Å². The molecule has 0 unspecified atom stereocenters. The molecule has 5 saturated heterocycles. The molecule has 35 heteroatoms. The average Bonchev–Trinajstić information content (AvgIpc) is 0.973. The van der Waals surface area contributed by atoms with Gasteiger partial charge in [-0.3, -0.25) is 50.7 Å². The van der Waals surface area contributed by atoms with E-state index in [1.165, 1.54) is 59.4 Å². The minimum absolute atomic E-state index is 0.0726. The summed E-state index contributed by atoms with van der Waals surface area (Å²) in [7, 11) is 8.03. The highest BCUT2D eigenvalue weighted by molar-refractivity contribution is 5.84. The van der Waals surface area contributed by atoms with Gasteiger partial charge in [0.15, 0.2) is 11.5 Å². The second-order valence-corrected chi connectivity index (χ2v) is 35.2. The van der Waals surface area contributed by atoms with Crippen molar-refractivity contribution >= 4 is 73.2 Å². The van der Waals surface area contributed by atoms with Gasteiger partial charge in [-0.15, -0.1) is 0 Å². The quantitative estimate of drug-likeness (QED) is 0.0675. The van der Waals surface area contributed by atoms with E-state index in [0.717, 1.165) is 190 Å².